The van der Waals surface area contributed by atoms with E-state index in [1.54, 1.807) is 32.0 Å². The Kier molecular flexibility index (Phi) is 5.53. The van der Waals surface area contributed by atoms with Gasteiger partial charge in [0.15, 0.2) is 0 Å². The van der Waals surface area contributed by atoms with E-state index in [1.807, 2.05) is 0 Å². The van der Waals surface area contributed by atoms with Crippen LogP contribution in [0.15, 0.2) is 46.8 Å². The summed E-state index contributed by atoms with van der Waals surface area (Å²) in [6.07, 6.45) is 0. The molecular formula is C17H18N2O6. The van der Waals surface area contributed by atoms with Crippen LogP contribution in [0, 0.1) is 10.1 Å². The number of hydrogen-bond donors (Lipinski definition) is 1. The highest BCUT2D eigenvalue weighted by molar-refractivity contribution is 5.93. The van der Waals surface area contributed by atoms with Gasteiger partial charge in [0.1, 0.15) is 6.61 Å². The van der Waals surface area contributed by atoms with Crippen LogP contribution in [-0.4, -0.2) is 31.1 Å². The van der Waals surface area contributed by atoms with E-state index in [4.69, 9.17) is 9.47 Å². The molecule has 0 radical (unpaired) electrons. The molecule has 1 aliphatic heterocycles. The van der Waals surface area contributed by atoms with Gasteiger partial charge in [-0.05, 0) is 19.4 Å². The first-order valence-electron chi connectivity index (χ1n) is 7.46. The molecule has 0 aliphatic carbocycles. The number of rotatable bonds is 6. The molecule has 0 spiro atoms. The number of ether oxygens (including phenoxy) is 2. The van der Waals surface area contributed by atoms with E-state index in [9.17, 15) is 19.7 Å². The highest BCUT2D eigenvalue weighted by atomic mass is 16.6. The molecule has 8 nitrogen and oxygen atoms in total. The molecule has 1 aromatic rings. The summed E-state index contributed by atoms with van der Waals surface area (Å²) < 4.78 is 9.73. The molecule has 0 bridgehead atoms. The zero-order valence-electron chi connectivity index (χ0n) is 14.1. The first-order chi connectivity index (χ1) is 11.9. The zero-order chi connectivity index (χ0) is 18.6. The number of nitro benzene ring substituents is 1. The Morgan fingerprint density at radius 2 is 2.00 bits per heavy atom. The lowest BCUT2D eigenvalue weighted by atomic mass is 9.80. The smallest absolute Gasteiger partial charge is 0.336 e. The van der Waals surface area contributed by atoms with Gasteiger partial charge in [0.2, 0.25) is 0 Å². The minimum absolute atomic E-state index is 0.104. The van der Waals surface area contributed by atoms with E-state index < -0.39 is 16.8 Å². The number of benzene rings is 1. The van der Waals surface area contributed by atoms with E-state index >= 15 is 0 Å². The zero-order valence-corrected chi connectivity index (χ0v) is 14.1. The molecule has 0 saturated carbocycles. The van der Waals surface area contributed by atoms with E-state index in [0.29, 0.717) is 29.0 Å². The lowest BCUT2D eigenvalue weighted by Gasteiger charge is -2.30. The molecule has 0 aromatic heterocycles. The van der Waals surface area contributed by atoms with E-state index in [2.05, 4.69) is 5.32 Å². The van der Waals surface area contributed by atoms with Crippen molar-refractivity contribution < 1.29 is 24.0 Å². The third-order valence-electron chi connectivity index (χ3n) is 4.05. The molecule has 1 unspecified atom stereocenters. The predicted octanol–water partition coefficient (Wildman–Crippen LogP) is 2.18. The Morgan fingerprint density at radius 1 is 1.32 bits per heavy atom. The monoisotopic (exact) mass is 346 g/mol. The second-order valence-electron chi connectivity index (χ2n) is 5.46. The number of dihydropyridines is 1. The van der Waals surface area contributed by atoms with Crippen molar-refractivity contribution in [3.8, 4) is 0 Å². The van der Waals surface area contributed by atoms with Crippen LogP contribution in [0.2, 0.25) is 0 Å². The van der Waals surface area contributed by atoms with Gasteiger partial charge in [-0.15, -0.1) is 0 Å². The van der Waals surface area contributed by atoms with Crippen molar-refractivity contribution in [1.29, 1.82) is 0 Å². The van der Waals surface area contributed by atoms with Gasteiger partial charge in [-0.2, -0.15) is 0 Å². The summed E-state index contributed by atoms with van der Waals surface area (Å²) in [5, 5.41) is 14.5. The lowest BCUT2D eigenvalue weighted by Crippen LogP contribution is -2.30. The normalized spacial score (nSPS) is 17.0. The molecule has 25 heavy (non-hydrogen) atoms. The molecule has 0 fully saturated rings. The van der Waals surface area contributed by atoms with Crippen molar-refractivity contribution >= 4 is 18.1 Å². The number of nitrogens with one attached hydrogen (secondary N) is 1. The molecule has 1 N–H and O–H groups in total. The van der Waals surface area contributed by atoms with Crippen LogP contribution in [0.1, 0.15) is 25.3 Å². The average Bonchev–Trinajstić information content (AvgIpc) is 2.59. The summed E-state index contributed by atoms with van der Waals surface area (Å²) in [4.78, 5) is 33.9. The summed E-state index contributed by atoms with van der Waals surface area (Å²) in [5.41, 5.74) is 2.19. The minimum Gasteiger partial charge on any atom is -0.466 e. The van der Waals surface area contributed by atoms with Crippen LogP contribution in [0.4, 0.5) is 5.69 Å². The third kappa shape index (κ3) is 3.52. The van der Waals surface area contributed by atoms with Crippen LogP contribution in [0.5, 0.6) is 0 Å². The number of para-hydroxylation sites is 1. The Balaban J connectivity index is 2.71. The quantitative estimate of drug-likeness (QED) is 0.364. The van der Waals surface area contributed by atoms with Gasteiger partial charge >= 0.3 is 5.97 Å². The lowest BCUT2D eigenvalue weighted by molar-refractivity contribution is -0.385. The number of allylic oxidation sites excluding steroid dienone is 2. The van der Waals surface area contributed by atoms with Crippen LogP contribution in [0.3, 0.4) is 0 Å². The molecule has 1 aromatic carbocycles. The largest absolute Gasteiger partial charge is 0.466 e. The molecule has 132 valence electrons. The fourth-order valence-electron chi connectivity index (χ4n) is 2.97. The fourth-order valence-corrected chi connectivity index (χ4v) is 2.97. The highest BCUT2D eigenvalue weighted by Crippen LogP contribution is 2.41. The van der Waals surface area contributed by atoms with Crippen molar-refractivity contribution in [1.82, 2.24) is 5.32 Å². The van der Waals surface area contributed by atoms with Gasteiger partial charge in [0, 0.05) is 23.0 Å². The summed E-state index contributed by atoms with van der Waals surface area (Å²) in [5.74, 6) is -1.36. The Hall–Kier alpha value is -3.16. The van der Waals surface area contributed by atoms with Crippen LogP contribution in [0.25, 0.3) is 0 Å². The van der Waals surface area contributed by atoms with Gasteiger partial charge in [-0.1, -0.05) is 18.2 Å². The second-order valence-corrected chi connectivity index (χ2v) is 5.46. The van der Waals surface area contributed by atoms with Gasteiger partial charge in [0.05, 0.1) is 23.5 Å². The first kappa shape index (κ1) is 18.2. The highest BCUT2D eigenvalue weighted by Gasteiger charge is 2.37. The number of carbonyl (C=O) groups excluding carboxylic acids is 2. The molecule has 1 aliphatic rings. The van der Waals surface area contributed by atoms with Crippen LogP contribution < -0.4 is 5.32 Å². The number of methoxy groups -OCH3 is 1. The Bertz CT molecular complexity index is 781. The number of nitrogens with zero attached hydrogens (tertiary/aromatic N) is 1. The molecule has 0 amide bonds. The molecular weight excluding hydrogens is 328 g/mol. The van der Waals surface area contributed by atoms with Crippen molar-refractivity contribution in [2.24, 2.45) is 0 Å². The maximum Gasteiger partial charge on any atom is 0.336 e. The summed E-state index contributed by atoms with van der Waals surface area (Å²) in [6.45, 7) is 3.63. The van der Waals surface area contributed by atoms with Crippen LogP contribution >= 0.6 is 0 Å². The number of esters is 1. The SMILES string of the molecule is COC(=O)C1=C(C)NC(C)=C(COC=O)C1c1ccccc1[N+](=O)[O-]. The van der Waals surface area contributed by atoms with Gasteiger partial charge < -0.3 is 14.8 Å². The van der Waals surface area contributed by atoms with Crippen LogP contribution in [-0.2, 0) is 19.1 Å². The topological polar surface area (TPSA) is 108 Å². The second kappa shape index (κ2) is 7.61. The van der Waals surface area contributed by atoms with Crippen molar-refractivity contribution in [3.63, 3.8) is 0 Å². The fraction of sp³-hybridized carbons (Fsp3) is 0.294. The number of nitro groups is 1. The van der Waals surface area contributed by atoms with Crippen molar-refractivity contribution in [3.05, 3.63) is 62.5 Å². The molecule has 1 atom stereocenters. The average molecular weight is 346 g/mol. The number of hydrogen-bond acceptors (Lipinski definition) is 7. The summed E-state index contributed by atoms with van der Waals surface area (Å²) in [7, 11) is 1.24. The van der Waals surface area contributed by atoms with E-state index in [1.165, 1.54) is 13.2 Å². The first-order valence-corrected chi connectivity index (χ1v) is 7.46. The molecule has 2 rings (SSSR count). The van der Waals surface area contributed by atoms with Crippen molar-refractivity contribution in [2.45, 2.75) is 19.8 Å². The standard InChI is InChI=1S/C17H18N2O6/c1-10-13(8-25-9-20)16(15(11(2)18-10)17(21)24-3)12-6-4-5-7-14(12)19(22)23/h4-7,9,16,18H,8H2,1-3H3. The van der Waals surface area contributed by atoms with E-state index in [-0.39, 0.29) is 17.9 Å². The maximum absolute atomic E-state index is 12.3. The maximum atomic E-state index is 12.3. The number of carbonyl (C=O) groups is 2. The Morgan fingerprint density at radius 3 is 2.60 bits per heavy atom. The minimum atomic E-state index is -0.754. The van der Waals surface area contributed by atoms with Crippen molar-refractivity contribution in [2.75, 3.05) is 13.7 Å². The third-order valence-corrected chi connectivity index (χ3v) is 4.05. The van der Waals surface area contributed by atoms with Gasteiger partial charge in [0.25, 0.3) is 12.2 Å². The molecule has 8 heteroatoms. The van der Waals surface area contributed by atoms with Gasteiger partial charge in [-0.25, -0.2) is 4.79 Å². The summed E-state index contributed by atoms with van der Waals surface area (Å²) in [6, 6.07) is 6.16. The molecule has 1 heterocycles. The summed E-state index contributed by atoms with van der Waals surface area (Å²) >= 11 is 0. The van der Waals surface area contributed by atoms with E-state index in [0.717, 1.165) is 0 Å². The van der Waals surface area contributed by atoms with Gasteiger partial charge in [-0.3, -0.25) is 14.9 Å². The Labute approximate surface area is 144 Å². The predicted molar refractivity (Wildman–Crippen MR) is 88.4 cm³/mol. The molecule has 0 saturated heterocycles.